The molecular weight excluding hydrogens is 362 g/mol. The first-order chi connectivity index (χ1) is 13.5. The minimum Gasteiger partial charge on any atom is -0.486 e. The van der Waals surface area contributed by atoms with Crippen LogP contribution in [0.15, 0.2) is 36.4 Å². The first-order valence-electron chi connectivity index (χ1n) is 9.78. The lowest BCUT2D eigenvalue weighted by atomic mass is 9.92. The lowest BCUT2D eigenvalue weighted by Crippen LogP contribution is -2.44. The normalized spacial score (nSPS) is 25.0. The van der Waals surface area contributed by atoms with Gasteiger partial charge in [-0.15, -0.1) is 0 Å². The third kappa shape index (κ3) is 2.78. The fraction of sp³-hybridized carbons (Fsp3) is 0.409. The molecule has 2 atom stereocenters. The van der Waals surface area contributed by atoms with Crippen molar-refractivity contribution in [1.82, 2.24) is 9.80 Å². The number of hydrogen-bond donors (Lipinski definition) is 0. The Hall–Kier alpha value is -2.47. The van der Waals surface area contributed by atoms with E-state index >= 15 is 0 Å². The van der Waals surface area contributed by atoms with E-state index in [9.17, 15) is 13.6 Å². The largest absolute Gasteiger partial charge is 0.486 e. The van der Waals surface area contributed by atoms with Gasteiger partial charge in [-0.05, 0) is 42.7 Å². The van der Waals surface area contributed by atoms with Crippen molar-refractivity contribution in [2.24, 2.45) is 0 Å². The minimum atomic E-state index is -0.632. The van der Waals surface area contributed by atoms with E-state index in [2.05, 4.69) is 4.90 Å². The molecule has 4 nitrogen and oxygen atoms in total. The molecule has 1 amide bonds. The van der Waals surface area contributed by atoms with Crippen LogP contribution in [0.1, 0.15) is 29.6 Å². The molecule has 6 heteroatoms. The minimum absolute atomic E-state index is 0.00603. The van der Waals surface area contributed by atoms with Gasteiger partial charge in [0.2, 0.25) is 0 Å². The van der Waals surface area contributed by atoms with Crippen molar-refractivity contribution >= 4 is 5.91 Å². The number of amides is 1. The summed E-state index contributed by atoms with van der Waals surface area (Å²) in [6, 6.07) is 9.17. The van der Waals surface area contributed by atoms with E-state index < -0.39 is 11.6 Å². The monoisotopic (exact) mass is 384 g/mol. The lowest BCUT2D eigenvalue weighted by Gasteiger charge is -2.35. The fourth-order valence-electron chi connectivity index (χ4n) is 4.51. The molecule has 2 aromatic rings. The van der Waals surface area contributed by atoms with Gasteiger partial charge in [-0.3, -0.25) is 9.69 Å². The first kappa shape index (κ1) is 17.6. The second-order valence-electron chi connectivity index (χ2n) is 8.01. The SMILES string of the molecule is CN1C(=O)c2ccc(-c3ccc(F)cc3F)cc2OC2CN(C3CCC3)CC21. The first-order valence-corrected chi connectivity index (χ1v) is 9.78. The molecule has 0 spiro atoms. The molecule has 28 heavy (non-hydrogen) atoms. The molecule has 1 saturated carbocycles. The number of hydrogen-bond acceptors (Lipinski definition) is 3. The predicted molar refractivity (Wildman–Crippen MR) is 101 cm³/mol. The van der Waals surface area contributed by atoms with E-state index in [1.54, 1.807) is 23.1 Å². The van der Waals surface area contributed by atoms with Crippen molar-refractivity contribution < 1.29 is 18.3 Å². The Morgan fingerprint density at radius 2 is 1.82 bits per heavy atom. The van der Waals surface area contributed by atoms with Gasteiger partial charge in [-0.25, -0.2) is 8.78 Å². The summed E-state index contributed by atoms with van der Waals surface area (Å²) in [5.74, 6) is -0.856. The van der Waals surface area contributed by atoms with E-state index in [4.69, 9.17) is 4.74 Å². The lowest BCUT2D eigenvalue weighted by molar-refractivity contribution is 0.0679. The highest BCUT2D eigenvalue weighted by Crippen LogP contribution is 2.37. The average Bonchev–Trinajstić information content (AvgIpc) is 2.98. The second-order valence-corrected chi connectivity index (χ2v) is 8.01. The maximum absolute atomic E-state index is 14.2. The van der Waals surface area contributed by atoms with Crippen molar-refractivity contribution in [3.05, 3.63) is 53.6 Å². The Bertz CT molecular complexity index is 944. The maximum atomic E-state index is 14.2. The Labute approximate surface area is 162 Å². The summed E-state index contributed by atoms with van der Waals surface area (Å²) >= 11 is 0. The highest BCUT2D eigenvalue weighted by molar-refractivity contribution is 5.98. The van der Waals surface area contributed by atoms with E-state index in [1.807, 2.05) is 7.05 Å². The average molecular weight is 384 g/mol. The van der Waals surface area contributed by atoms with Gasteiger partial charge in [0.05, 0.1) is 11.6 Å². The number of fused-ring (bicyclic) bond motifs is 2. The molecule has 146 valence electrons. The zero-order chi connectivity index (χ0) is 19.4. The van der Waals surface area contributed by atoms with Crippen LogP contribution in [-0.2, 0) is 0 Å². The van der Waals surface area contributed by atoms with Crippen LogP contribution in [0.25, 0.3) is 11.1 Å². The number of benzene rings is 2. The van der Waals surface area contributed by atoms with Crippen LogP contribution in [0.3, 0.4) is 0 Å². The van der Waals surface area contributed by atoms with Gasteiger partial charge in [0, 0.05) is 37.8 Å². The van der Waals surface area contributed by atoms with Crippen LogP contribution in [-0.4, -0.2) is 54.0 Å². The molecule has 2 fully saturated rings. The van der Waals surface area contributed by atoms with Gasteiger partial charge in [-0.1, -0.05) is 12.5 Å². The van der Waals surface area contributed by atoms with E-state index in [0.717, 1.165) is 19.2 Å². The molecule has 0 aromatic heterocycles. The smallest absolute Gasteiger partial charge is 0.257 e. The van der Waals surface area contributed by atoms with Crippen LogP contribution in [0, 0.1) is 11.6 Å². The number of carbonyl (C=O) groups excluding carboxylic acids is 1. The van der Waals surface area contributed by atoms with E-state index in [1.165, 1.54) is 31.4 Å². The Morgan fingerprint density at radius 1 is 1.04 bits per heavy atom. The predicted octanol–water partition coefficient (Wildman–Crippen LogP) is 3.70. The molecular formula is C22H22F2N2O2. The molecule has 1 aliphatic carbocycles. The van der Waals surface area contributed by atoms with Gasteiger partial charge in [0.25, 0.3) is 5.91 Å². The second kappa shape index (κ2) is 6.55. The number of likely N-dealkylation sites (tertiary alicyclic amines) is 1. The number of rotatable bonds is 2. The van der Waals surface area contributed by atoms with Gasteiger partial charge in [0.15, 0.2) is 0 Å². The highest BCUT2D eigenvalue weighted by atomic mass is 19.1. The quantitative estimate of drug-likeness (QED) is 0.792. The number of halogens is 2. The third-order valence-corrected chi connectivity index (χ3v) is 6.41. The highest BCUT2D eigenvalue weighted by Gasteiger charge is 2.44. The molecule has 2 aliphatic heterocycles. The van der Waals surface area contributed by atoms with Crippen LogP contribution in [0.4, 0.5) is 8.78 Å². The van der Waals surface area contributed by atoms with Crippen molar-refractivity contribution in [3.63, 3.8) is 0 Å². The molecule has 2 unspecified atom stereocenters. The van der Waals surface area contributed by atoms with Gasteiger partial charge >= 0.3 is 0 Å². The summed E-state index contributed by atoms with van der Waals surface area (Å²) < 4.78 is 33.8. The van der Waals surface area contributed by atoms with Crippen LogP contribution >= 0.6 is 0 Å². The number of nitrogens with zero attached hydrogens (tertiary/aromatic N) is 2. The van der Waals surface area contributed by atoms with Gasteiger partial charge in [-0.2, -0.15) is 0 Å². The van der Waals surface area contributed by atoms with Crippen molar-refractivity contribution in [2.45, 2.75) is 37.5 Å². The van der Waals surface area contributed by atoms with Crippen molar-refractivity contribution in [2.75, 3.05) is 20.1 Å². The van der Waals surface area contributed by atoms with Gasteiger partial charge in [0.1, 0.15) is 23.5 Å². The van der Waals surface area contributed by atoms with Crippen LogP contribution < -0.4 is 4.74 Å². The number of likely N-dealkylation sites (N-methyl/N-ethyl adjacent to an activating group) is 1. The summed E-state index contributed by atoms with van der Waals surface area (Å²) in [7, 11) is 1.83. The Kier molecular flexibility index (Phi) is 4.12. The summed E-state index contributed by atoms with van der Waals surface area (Å²) in [5, 5.41) is 0. The summed E-state index contributed by atoms with van der Waals surface area (Å²) in [5.41, 5.74) is 1.34. The third-order valence-electron chi connectivity index (χ3n) is 6.41. The van der Waals surface area contributed by atoms with E-state index in [-0.39, 0.29) is 23.6 Å². The molecule has 1 saturated heterocycles. The molecule has 2 aromatic carbocycles. The topological polar surface area (TPSA) is 32.8 Å². The molecule has 0 bridgehead atoms. The summed E-state index contributed by atoms with van der Waals surface area (Å²) in [6.07, 6.45) is 3.58. The Balaban J connectivity index is 1.50. The maximum Gasteiger partial charge on any atom is 0.257 e. The summed E-state index contributed by atoms with van der Waals surface area (Å²) in [4.78, 5) is 17.2. The number of ether oxygens (including phenoxy) is 1. The zero-order valence-corrected chi connectivity index (χ0v) is 15.7. The fourth-order valence-corrected chi connectivity index (χ4v) is 4.51. The molecule has 2 heterocycles. The molecule has 0 N–H and O–H groups in total. The Morgan fingerprint density at radius 3 is 2.54 bits per heavy atom. The van der Waals surface area contributed by atoms with Gasteiger partial charge < -0.3 is 9.64 Å². The zero-order valence-electron chi connectivity index (χ0n) is 15.7. The van der Waals surface area contributed by atoms with Crippen LogP contribution in [0.2, 0.25) is 0 Å². The molecule has 3 aliphatic rings. The van der Waals surface area contributed by atoms with Crippen molar-refractivity contribution in [1.29, 1.82) is 0 Å². The van der Waals surface area contributed by atoms with Crippen molar-refractivity contribution in [3.8, 4) is 16.9 Å². The van der Waals surface area contributed by atoms with Crippen LogP contribution in [0.5, 0.6) is 5.75 Å². The summed E-state index contributed by atoms with van der Waals surface area (Å²) in [6.45, 7) is 1.62. The van der Waals surface area contributed by atoms with E-state index in [0.29, 0.717) is 22.9 Å². The molecule has 5 rings (SSSR count). The number of carbonyl (C=O) groups is 1. The molecule has 0 radical (unpaired) electrons. The standard InChI is InChI=1S/C22H22F2N2O2/c1-25-19-11-26(15-3-2-4-15)12-21(19)28-20-9-13(5-7-17(20)22(25)27)16-8-6-14(23)10-18(16)24/h5-10,15,19,21H,2-4,11-12H2,1H3.